The molecule has 0 aliphatic carbocycles. The third-order valence-corrected chi connectivity index (χ3v) is 2.17. The molecule has 1 aromatic carbocycles. The van der Waals surface area contributed by atoms with E-state index in [0.717, 1.165) is 6.26 Å². The molecule has 5 nitrogen and oxygen atoms in total. The van der Waals surface area contributed by atoms with E-state index in [4.69, 9.17) is 14.6 Å². The molecule has 0 radical (unpaired) electrons. The Kier molecular flexibility index (Phi) is 4.92. The molecule has 0 heterocycles. The number of carboxylic acid groups (broad SMARTS) is 1. The second-order valence-corrected chi connectivity index (χ2v) is 3.35. The van der Waals surface area contributed by atoms with Gasteiger partial charge in [-0.2, -0.15) is 0 Å². The monoisotopic (exact) mass is 250 g/mol. The summed E-state index contributed by atoms with van der Waals surface area (Å²) in [4.78, 5) is 22.9. The maximum atomic E-state index is 12.0. The van der Waals surface area contributed by atoms with Crippen molar-refractivity contribution in [1.82, 2.24) is 0 Å². The SMILES string of the molecule is CCOC=C(C(=O)O)C(=O)c1cccc(OC)c1. The summed E-state index contributed by atoms with van der Waals surface area (Å²) < 4.78 is 9.84. The van der Waals surface area contributed by atoms with Crippen LogP contribution in [0.2, 0.25) is 0 Å². The number of carbonyl (C=O) groups is 2. The molecule has 1 rings (SSSR count). The summed E-state index contributed by atoms with van der Waals surface area (Å²) in [6, 6.07) is 6.29. The summed E-state index contributed by atoms with van der Waals surface area (Å²) in [6.45, 7) is 1.99. The lowest BCUT2D eigenvalue weighted by Gasteiger charge is -2.05. The number of hydrogen-bond acceptors (Lipinski definition) is 4. The van der Waals surface area contributed by atoms with Crippen molar-refractivity contribution in [2.45, 2.75) is 6.92 Å². The minimum absolute atomic E-state index is 0.239. The number of ketones is 1. The Hall–Kier alpha value is -2.30. The van der Waals surface area contributed by atoms with Gasteiger partial charge in [0, 0.05) is 5.56 Å². The summed E-state index contributed by atoms with van der Waals surface area (Å²) >= 11 is 0. The molecule has 0 aliphatic heterocycles. The van der Waals surface area contributed by atoms with Gasteiger partial charge in [-0.05, 0) is 19.1 Å². The lowest BCUT2D eigenvalue weighted by molar-refractivity contribution is -0.132. The topological polar surface area (TPSA) is 72.8 Å². The fraction of sp³-hybridized carbons (Fsp3) is 0.231. The van der Waals surface area contributed by atoms with Crippen molar-refractivity contribution >= 4 is 11.8 Å². The van der Waals surface area contributed by atoms with E-state index in [2.05, 4.69) is 0 Å². The Morgan fingerprint density at radius 2 is 2.11 bits per heavy atom. The van der Waals surface area contributed by atoms with Crippen LogP contribution in [0, 0.1) is 0 Å². The third-order valence-electron chi connectivity index (χ3n) is 2.17. The number of carbonyl (C=O) groups excluding carboxylic acids is 1. The molecule has 5 heteroatoms. The van der Waals surface area contributed by atoms with Crippen LogP contribution in [0.1, 0.15) is 17.3 Å². The normalized spacial score (nSPS) is 10.9. The molecule has 0 fully saturated rings. The molecule has 0 aliphatic rings. The Bertz CT molecular complexity index is 476. The van der Waals surface area contributed by atoms with Crippen LogP contribution in [-0.4, -0.2) is 30.6 Å². The number of hydrogen-bond donors (Lipinski definition) is 1. The summed E-state index contributed by atoms with van der Waals surface area (Å²) in [5.41, 5.74) is -0.173. The minimum atomic E-state index is -1.32. The summed E-state index contributed by atoms with van der Waals surface area (Å²) in [5, 5.41) is 8.96. The first-order valence-corrected chi connectivity index (χ1v) is 5.34. The smallest absolute Gasteiger partial charge is 0.342 e. The van der Waals surface area contributed by atoms with Crippen molar-refractivity contribution < 1.29 is 24.2 Å². The van der Waals surface area contributed by atoms with Gasteiger partial charge in [-0.15, -0.1) is 0 Å². The van der Waals surface area contributed by atoms with Gasteiger partial charge in [0.25, 0.3) is 0 Å². The van der Waals surface area contributed by atoms with E-state index in [1.54, 1.807) is 19.1 Å². The van der Waals surface area contributed by atoms with Gasteiger partial charge in [0.15, 0.2) is 0 Å². The summed E-state index contributed by atoms with van der Waals surface area (Å²) in [6.07, 6.45) is 0.962. The van der Waals surface area contributed by atoms with Crippen LogP contribution >= 0.6 is 0 Å². The van der Waals surface area contributed by atoms with E-state index in [0.29, 0.717) is 12.4 Å². The molecule has 0 aromatic heterocycles. The van der Waals surface area contributed by atoms with Crippen LogP contribution in [0.4, 0.5) is 0 Å². The highest BCUT2D eigenvalue weighted by Crippen LogP contribution is 2.16. The van der Waals surface area contributed by atoms with Crippen molar-refractivity contribution in [3.63, 3.8) is 0 Å². The first-order valence-electron chi connectivity index (χ1n) is 5.34. The molecule has 0 atom stereocenters. The largest absolute Gasteiger partial charge is 0.500 e. The second kappa shape index (κ2) is 6.44. The van der Waals surface area contributed by atoms with Crippen molar-refractivity contribution in [2.24, 2.45) is 0 Å². The fourth-order valence-electron chi connectivity index (χ4n) is 1.29. The van der Waals surface area contributed by atoms with E-state index in [1.807, 2.05) is 0 Å². The zero-order valence-corrected chi connectivity index (χ0v) is 10.2. The van der Waals surface area contributed by atoms with Gasteiger partial charge in [0.2, 0.25) is 5.78 Å². The van der Waals surface area contributed by atoms with E-state index in [-0.39, 0.29) is 5.56 Å². The van der Waals surface area contributed by atoms with Gasteiger partial charge in [-0.3, -0.25) is 4.79 Å². The molecule has 0 amide bonds. The fourth-order valence-corrected chi connectivity index (χ4v) is 1.29. The van der Waals surface area contributed by atoms with E-state index >= 15 is 0 Å². The van der Waals surface area contributed by atoms with Crippen LogP contribution < -0.4 is 4.74 Å². The van der Waals surface area contributed by atoms with Gasteiger partial charge in [0.05, 0.1) is 13.7 Å². The van der Waals surface area contributed by atoms with Gasteiger partial charge < -0.3 is 14.6 Å². The van der Waals surface area contributed by atoms with Crippen LogP contribution in [-0.2, 0) is 9.53 Å². The summed E-state index contributed by atoms with van der Waals surface area (Å²) in [5.74, 6) is -1.45. The van der Waals surface area contributed by atoms with Crippen LogP contribution in [0.3, 0.4) is 0 Å². The Balaban J connectivity index is 3.05. The molecule has 18 heavy (non-hydrogen) atoms. The van der Waals surface area contributed by atoms with Crippen molar-refractivity contribution in [1.29, 1.82) is 0 Å². The standard InChI is InChI=1S/C13H14O5/c1-3-18-8-11(13(15)16)12(14)9-5-4-6-10(7-9)17-2/h4-8H,3H2,1-2H3,(H,15,16). The molecule has 1 aromatic rings. The molecule has 0 bridgehead atoms. The van der Waals surface area contributed by atoms with Crippen molar-refractivity contribution in [2.75, 3.05) is 13.7 Å². The Morgan fingerprint density at radius 3 is 2.67 bits per heavy atom. The van der Waals surface area contributed by atoms with Crippen LogP contribution in [0.5, 0.6) is 5.75 Å². The average Bonchev–Trinajstić information content (AvgIpc) is 2.38. The number of aliphatic carboxylic acids is 1. The van der Waals surface area contributed by atoms with Crippen molar-refractivity contribution in [3.05, 3.63) is 41.7 Å². The van der Waals surface area contributed by atoms with Crippen LogP contribution in [0.25, 0.3) is 0 Å². The predicted molar refractivity (Wildman–Crippen MR) is 64.7 cm³/mol. The molecule has 96 valence electrons. The lowest BCUT2D eigenvalue weighted by atomic mass is 10.0. The van der Waals surface area contributed by atoms with E-state index in [1.165, 1.54) is 19.2 Å². The zero-order valence-electron chi connectivity index (χ0n) is 10.2. The van der Waals surface area contributed by atoms with Crippen LogP contribution in [0.15, 0.2) is 36.1 Å². The first-order chi connectivity index (χ1) is 8.60. The number of ether oxygens (including phenoxy) is 2. The van der Waals surface area contributed by atoms with Gasteiger partial charge in [0.1, 0.15) is 17.6 Å². The lowest BCUT2D eigenvalue weighted by Crippen LogP contribution is -2.13. The molecule has 1 N–H and O–H groups in total. The highest BCUT2D eigenvalue weighted by molar-refractivity contribution is 6.23. The maximum Gasteiger partial charge on any atom is 0.342 e. The van der Waals surface area contributed by atoms with Crippen molar-refractivity contribution in [3.8, 4) is 5.75 Å². The Labute approximate surface area is 105 Å². The number of methoxy groups -OCH3 is 1. The molecule has 0 saturated carbocycles. The Morgan fingerprint density at radius 1 is 1.39 bits per heavy atom. The second-order valence-electron chi connectivity index (χ2n) is 3.35. The highest BCUT2D eigenvalue weighted by atomic mass is 16.5. The molecule has 0 spiro atoms. The molecule has 0 saturated heterocycles. The van der Waals surface area contributed by atoms with E-state index in [9.17, 15) is 9.59 Å². The number of benzene rings is 1. The first kappa shape index (κ1) is 13.8. The molecule has 0 unspecified atom stereocenters. The van der Waals surface area contributed by atoms with Gasteiger partial charge in [-0.25, -0.2) is 4.79 Å². The average molecular weight is 250 g/mol. The maximum absolute atomic E-state index is 12.0. The third kappa shape index (κ3) is 3.35. The highest BCUT2D eigenvalue weighted by Gasteiger charge is 2.20. The number of rotatable bonds is 6. The molecular weight excluding hydrogens is 236 g/mol. The van der Waals surface area contributed by atoms with E-state index < -0.39 is 17.3 Å². The molecular formula is C13H14O5. The number of Topliss-reactive ketones (excluding diaryl/α,β-unsaturated/α-hetero) is 1. The predicted octanol–water partition coefficient (Wildman–Crippen LogP) is 1.88. The zero-order chi connectivity index (χ0) is 13.5. The number of carboxylic acids is 1. The quantitative estimate of drug-likeness (QED) is 0.274. The van der Waals surface area contributed by atoms with Gasteiger partial charge >= 0.3 is 5.97 Å². The summed E-state index contributed by atoms with van der Waals surface area (Å²) in [7, 11) is 1.47. The van der Waals surface area contributed by atoms with Gasteiger partial charge in [-0.1, -0.05) is 12.1 Å². The minimum Gasteiger partial charge on any atom is -0.500 e.